The standard InChI is InChI=1S/C24H28N2O4/c1-4-5-12-26-23(28)20-11-10-17(13-21(20)24(26)29)22(27)25-14-18-8-6-7-9-19(18)15-30-16(2)3/h6-11,13,16H,4-5,12,14-15H2,1-3H3,(H,25,27). The third kappa shape index (κ3) is 4.76. The van der Waals surface area contributed by atoms with E-state index in [-0.39, 0.29) is 23.8 Å². The van der Waals surface area contributed by atoms with E-state index in [1.165, 1.54) is 11.0 Å². The molecular formula is C24H28N2O4. The first-order valence-corrected chi connectivity index (χ1v) is 10.4. The maximum atomic E-state index is 12.7. The van der Waals surface area contributed by atoms with Gasteiger partial charge < -0.3 is 10.1 Å². The molecule has 0 atom stereocenters. The van der Waals surface area contributed by atoms with Gasteiger partial charge in [0.05, 0.1) is 23.8 Å². The second kappa shape index (κ2) is 9.67. The van der Waals surface area contributed by atoms with Gasteiger partial charge >= 0.3 is 0 Å². The van der Waals surface area contributed by atoms with Crippen LogP contribution in [0.2, 0.25) is 0 Å². The van der Waals surface area contributed by atoms with Crippen molar-refractivity contribution in [1.82, 2.24) is 10.2 Å². The minimum absolute atomic E-state index is 0.121. The van der Waals surface area contributed by atoms with Gasteiger partial charge in [0.15, 0.2) is 0 Å². The summed E-state index contributed by atoms with van der Waals surface area (Å²) in [7, 11) is 0. The van der Waals surface area contributed by atoms with Crippen molar-refractivity contribution in [3.8, 4) is 0 Å². The first-order chi connectivity index (χ1) is 14.4. The maximum absolute atomic E-state index is 12.7. The number of hydrogen-bond donors (Lipinski definition) is 1. The van der Waals surface area contributed by atoms with Crippen molar-refractivity contribution in [3.63, 3.8) is 0 Å². The molecule has 1 aliphatic heterocycles. The molecule has 0 spiro atoms. The number of carbonyl (C=O) groups is 3. The highest BCUT2D eigenvalue weighted by atomic mass is 16.5. The van der Waals surface area contributed by atoms with Gasteiger partial charge in [-0.1, -0.05) is 37.6 Å². The van der Waals surface area contributed by atoms with Crippen molar-refractivity contribution >= 4 is 17.7 Å². The highest BCUT2D eigenvalue weighted by Gasteiger charge is 2.35. The number of ether oxygens (including phenoxy) is 1. The molecule has 0 unspecified atom stereocenters. The van der Waals surface area contributed by atoms with Gasteiger partial charge in [-0.05, 0) is 49.6 Å². The molecule has 0 aliphatic carbocycles. The predicted molar refractivity (Wildman–Crippen MR) is 114 cm³/mol. The zero-order valence-electron chi connectivity index (χ0n) is 17.7. The molecule has 1 heterocycles. The van der Waals surface area contributed by atoms with Gasteiger partial charge in [-0.15, -0.1) is 0 Å². The van der Waals surface area contributed by atoms with Crippen molar-refractivity contribution in [3.05, 3.63) is 70.3 Å². The Hall–Kier alpha value is -2.99. The molecule has 0 fully saturated rings. The van der Waals surface area contributed by atoms with E-state index in [0.717, 1.165) is 24.0 Å². The molecule has 0 saturated heterocycles. The molecule has 0 aromatic heterocycles. The lowest BCUT2D eigenvalue weighted by molar-refractivity contribution is 0.0647. The number of unbranched alkanes of at least 4 members (excludes halogenated alkanes) is 1. The van der Waals surface area contributed by atoms with Crippen LogP contribution >= 0.6 is 0 Å². The van der Waals surface area contributed by atoms with Crippen LogP contribution in [0.1, 0.15) is 75.8 Å². The van der Waals surface area contributed by atoms with Crippen LogP contribution in [0.4, 0.5) is 0 Å². The molecule has 0 saturated carbocycles. The van der Waals surface area contributed by atoms with Gasteiger partial charge in [0.1, 0.15) is 0 Å². The minimum Gasteiger partial charge on any atom is -0.374 e. The van der Waals surface area contributed by atoms with Gasteiger partial charge in [-0.25, -0.2) is 0 Å². The topological polar surface area (TPSA) is 75.7 Å². The molecule has 2 aromatic rings. The highest BCUT2D eigenvalue weighted by Crippen LogP contribution is 2.24. The van der Waals surface area contributed by atoms with Crippen LogP contribution in [-0.4, -0.2) is 35.3 Å². The summed E-state index contributed by atoms with van der Waals surface area (Å²) < 4.78 is 5.68. The van der Waals surface area contributed by atoms with E-state index >= 15 is 0 Å². The predicted octanol–water partition coefficient (Wildman–Crippen LogP) is 3.94. The van der Waals surface area contributed by atoms with Crippen LogP contribution in [0, 0.1) is 0 Å². The Labute approximate surface area is 177 Å². The summed E-state index contributed by atoms with van der Waals surface area (Å²) in [6, 6.07) is 12.5. The Morgan fingerprint density at radius 2 is 1.73 bits per heavy atom. The number of nitrogens with one attached hydrogen (secondary N) is 1. The normalized spacial score (nSPS) is 13.1. The lowest BCUT2D eigenvalue weighted by atomic mass is 10.0. The highest BCUT2D eigenvalue weighted by molar-refractivity contribution is 6.22. The molecule has 1 aliphatic rings. The van der Waals surface area contributed by atoms with Gasteiger partial charge in [0.25, 0.3) is 17.7 Å². The number of nitrogens with zero attached hydrogens (tertiary/aromatic N) is 1. The molecule has 30 heavy (non-hydrogen) atoms. The molecule has 3 amide bonds. The van der Waals surface area contributed by atoms with E-state index < -0.39 is 0 Å². The number of rotatable bonds is 9. The second-order valence-electron chi connectivity index (χ2n) is 7.69. The maximum Gasteiger partial charge on any atom is 0.261 e. The average Bonchev–Trinajstić information content (AvgIpc) is 2.98. The van der Waals surface area contributed by atoms with Crippen LogP contribution in [0.5, 0.6) is 0 Å². The van der Waals surface area contributed by atoms with Gasteiger partial charge in [-0.3, -0.25) is 19.3 Å². The number of carbonyl (C=O) groups excluding carboxylic acids is 3. The van der Waals surface area contributed by atoms with Crippen molar-refractivity contribution in [2.24, 2.45) is 0 Å². The Morgan fingerprint density at radius 3 is 2.43 bits per heavy atom. The number of benzene rings is 2. The Bertz CT molecular complexity index is 952. The zero-order valence-corrected chi connectivity index (χ0v) is 17.7. The molecule has 6 nitrogen and oxygen atoms in total. The molecule has 2 aromatic carbocycles. The summed E-state index contributed by atoms with van der Waals surface area (Å²) >= 11 is 0. The van der Waals surface area contributed by atoms with Crippen LogP contribution in [0.25, 0.3) is 0 Å². The van der Waals surface area contributed by atoms with Crippen LogP contribution in [0.15, 0.2) is 42.5 Å². The van der Waals surface area contributed by atoms with Crippen molar-refractivity contribution in [1.29, 1.82) is 0 Å². The summed E-state index contributed by atoms with van der Waals surface area (Å²) in [6.07, 6.45) is 1.78. The van der Waals surface area contributed by atoms with Gasteiger partial charge in [0.2, 0.25) is 0 Å². The molecular weight excluding hydrogens is 380 g/mol. The van der Waals surface area contributed by atoms with Gasteiger partial charge in [0, 0.05) is 18.7 Å². The third-order valence-corrected chi connectivity index (χ3v) is 5.10. The summed E-state index contributed by atoms with van der Waals surface area (Å²) in [6.45, 7) is 7.20. The lowest BCUT2D eigenvalue weighted by Crippen LogP contribution is -2.30. The fraction of sp³-hybridized carbons (Fsp3) is 0.375. The Kier molecular flexibility index (Phi) is 7.00. The Balaban J connectivity index is 1.69. The largest absolute Gasteiger partial charge is 0.374 e. The van der Waals surface area contributed by atoms with E-state index in [9.17, 15) is 14.4 Å². The Morgan fingerprint density at radius 1 is 1.03 bits per heavy atom. The molecule has 1 N–H and O–H groups in total. The summed E-state index contributed by atoms with van der Waals surface area (Å²) in [5.74, 6) is -0.895. The minimum atomic E-state index is -0.325. The fourth-order valence-corrected chi connectivity index (χ4v) is 3.36. The second-order valence-corrected chi connectivity index (χ2v) is 7.69. The van der Waals surface area contributed by atoms with Crippen molar-refractivity contribution in [2.45, 2.75) is 52.9 Å². The molecule has 0 bridgehead atoms. The SMILES string of the molecule is CCCCN1C(=O)c2ccc(C(=O)NCc3ccccc3COC(C)C)cc2C1=O. The molecule has 158 valence electrons. The summed E-state index contributed by atoms with van der Waals surface area (Å²) in [5.41, 5.74) is 3.03. The van der Waals surface area contributed by atoms with Crippen LogP contribution in [0.3, 0.4) is 0 Å². The smallest absolute Gasteiger partial charge is 0.261 e. The molecule has 0 radical (unpaired) electrons. The van der Waals surface area contributed by atoms with Crippen molar-refractivity contribution < 1.29 is 19.1 Å². The number of hydrogen-bond acceptors (Lipinski definition) is 4. The number of fused-ring (bicyclic) bond motifs is 1. The quantitative estimate of drug-likeness (QED) is 0.638. The molecule has 3 rings (SSSR count). The van der Waals surface area contributed by atoms with E-state index in [1.807, 2.05) is 45.0 Å². The summed E-state index contributed by atoms with van der Waals surface area (Å²) in [4.78, 5) is 39.0. The van der Waals surface area contributed by atoms with Crippen LogP contribution in [-0.2, 0) is 17.9 Å². The monoisotopic (exact) mass is 408 g/mol. The van der Waals surface area contributed by atoms with E-state index in [2.05, 4.69) is 5.32 Å². The average molecular weight is 408 g/mol. The van der Waals surface area contributed by atoms with Crippen LogP contribution < -0.4 is 5.32 Å². The first-order valence-electron chi connectivity index (χ1n) is 10.4. The zero-order chi connectivity index (χ0) is 21.7. The number of imide groups is 1. The van der Waals surface area contributed by atoms with Gasteiger partial charge in [-0.2, -0.15) is 0 Å². The lowest BCUT2D eigenvalue weighted by Gasteiger charge is -2.13. The fourth-order valence-electron chi connectivity index (χ4n) is 3.36. The summed E-state index contributed by atoms with van der Waals surface area (Å²) in [5, 5.41) is 2.90. The molecule has 6 heteroatoms. The van der Waals surface area contributed by atoms with E-state index in [4.69, 9.17) is 4.74 Å². The van der Waals surface area contributed by atoms with Crippen molar-refractivity contribution in [2.75, 3.05) is 6.54 Å². The van der Waals surface area contributed by atoms with E-state index in [1.54, 1.807) is 12.1 Å². The van der Waals surface area contributed by atoms with E-state index in [0.29, 0.717) is 36.4 Å². The first kappa shape index (κ1) is 21.7. The number of amides is 3. The third-order valence-electron chi connectivity index (χ3n) is 5.10.